The first-order chi connectivity index (χ1) is 12.8. The number of benzene rings is 2. The number of ether oxygens (including phenoxy) is 3. The van der Waals surface area contributed by atoms with Gasteiger partial charge in [-0.25, -0.2) is 4.39 Å². The Morgan fingerprint density at radius 2 is 1.59 bits per heavy atom. The van der Waals surface area contributed by atoms with Gasteiger partial charge in [-0.15, -0.1) is 0 Å². The largest absolute Gasteiger partial charge is 0.493 e. The number of hydrogen-bond acceptors (Lipinski definition) is 5. The summed E-state index contributed by atoms with van der Waals surface area (Å²) in [6.45, 7) is 1.37. The van der Waals surface area contributed by atoms with E-state index in [9.17, 15) is 14.0 Å². The van der Waals surface area contributed by atoms with Crippen LogP contribution in [0.15, 0.2) is 30.3 Å². The lowest BCUT2D eigenvalue weighted by atomic mass is 10.1. The molecule has 0 saturated carbocycles. The molecule has 2 rings (SSSR count). The molecule has 8 heteroatoms. The lowest BCUT2D eigenvalue weighted by Crippen LogP contribution is -2.25. The molecular weight excluding hydrogens is 355 g/mol. The van der Waals surface area contributed by atoms with Crippen LogP contribution in [0.5, 0.6) is 17.2 Å². The predicted molar refractivity (Wildman–Crippen MR) is 99.5 cm³/mol. The van der Waals surface area contributed by atoms with Crippen LogP contribution in [0.3, 0.4) is 0 Å². The molecule has 0 aliphatic heterocycles. The van der Waals surface area contributed by atoms with Crippen molar-refractivity contribution in [1.29, 1.82) is 0 Å². The highest BCUT2D eigenvalue weighted by molar-refractivity contribution is 6.08. The minimum atomic E-state index is -0.545. The van der Waals surface area contributed by atoms with E-state index in [2.05, 4.69) is 5.32 Å². The first-order valence-electron chi connectivity index (χ1n) is 7.97. The Hall–Kier alpha value is -3.29. The van der Waals surface area contributed by atoms with Crippen LogP contribution in [0.25, 0.3) is 0 Å². The van der Waals surface area contributed by atoms with Crippen LogP contribution in [0.4, 0.5) is 15.8 Å². The molecule has 27 heavy (non-hydrogen) atoms. The second kappa shape index (κ2) is 8.39. The van der Waals surface area contributed by atoms with Gasteiger partial charge in [0.1, 0.15) is 5.82 Å². The molecule has 0 saturated heterocycles. The van der Waals surface area contributed by atoms with Crippen molar-refractivity contribution in [2.75, 3.05) is 38.6 Å². The summed E-state index contributed by atoms with van der Waals surface area (Å²) < 4.78 is 29.4. The van der Waals surface area contributed by atoms with Gasteiger partial charge in [0.15, 0.2) is 11.5 Å². The fraction of sp³-hybridized carbons (Fsp3) is 0.263. The summed E-state index contributed by atoms with van der Waals surface area (Å²) in [4.78, 5) is 25.7. The Labute approximate surface area is 156 Å². The third-order valence-corrected chi connectivity index (χ3v) is 3.97. The quantitative estimate of drug-likeness (QED) is 0.838. The topological polar surface area (TPSA) is 77.1 Å². The number of carbonyl (C=O) groups excluding carboxylic acids is 2. The first kappa shape index (κ1) is 20.0. The van der Waals surface area contributed by atoms with Gasteiger partial charge >= 0.3 is 0 Å². The molecule has 0 aliphatic rings. The molecular formula is C19H21FN2O5. The monoisotopic (exact) mass is 376 g/mol. The average molecular weight is 376 g/mol. The van der Waals surface area contributed by atoms with Gasteiger partial charge in [-0.3, -0.25) is 9.59 Å². The summed E-state index contributed by atoms with van der Waals surface area (Å²) in [5.74, 6) is -0.372. The zero-order chi connectivity index (χ0) is 20.1. The van der Waals surface area contributed by atoms with Crippen LogP contribution in [-0.4, -0.2) is 40.2 Å². The van der Waals surface area contributed by atoms with Crippen LogP contribution in [0, 0.1) is 5.82 Å². The van der Waals surface area contributed by atoms with E-state index in [-0.39, 0.29) is 17.2 Å². The number of anilines is 2. The molecule has 0 radical (unpaired) electrons. The van der Waals surface area contributed by atoms with Crippen LogP contribution in [0.2, 0.25) is 0 Å². The van der Waals surface area contributed by atoms with E-state index in [4.69, 9.17) is 14.2 Å². The van der Waals surface area contributed by atoms with Crippen LogP contribution in [-0.2, 0) is 4.79 Å². The molecule has 0 fully saturated rings. The predicted octanol–water partition coefficient (Wildman–Crippen LogP) is 3.09. The molecule has 2 aromatic carbocycles. The molecule has 0 aliphatic carbocycles. The number of nitrogens with one attached hydrogen (secondary N) is 1. The van der Waals surface area contributed by atoms with Crippen molar-refractivity contribution in [3.05, 3.63) is 41.7 Å². The van der Waals surface area contributed by atoms with Crippen molar-refractivity contribution in [3.8, 4) is 17.2 Å². The number of halogens is 1. The van der Waals surface area contributed by atoms with E-state index in [1.807, 2.05) is 0 Å². The molecule has 144 valence electrons. The molecule has 0 aromatic heterocycles. The van der Waals surface area contributed by atoms with Crippen molar-refractivity contribution in [2.24, 2.45) is 0 Å². The maximum absolute atomic E-state index is 13.7. The third-order valence-electron chi connectivity index (χ3n) is 3.97. The van der Waals surface area contributed by atoms with Crippen molar-refractivity contribution in [3.63, 3.8) is 0 Å². The van der Waals surface area contributed by atoms with E-state index in [1.54, 1.807) is 0 Å². The van der Waals surface area contributed by atoms with Gasteiger partial charge in [0.05, 0.1) is 32.7 Å². The van der Waals surface area contributed by atoms with Gasteiger partial charge in [-0.2, -0.15) is 0 Å². The third kappa shape index (κ3) is 4.28. The minimum absolute atomic E-state index is 0.159. The maximum atomic E-state index is 13.7. The second-order valence-electron chi connectivity index (χ2n) is 5.61. The standard InChI is InChI=1S/C19H21FN2O5/c1-11(23)22(2)15-7-6-13(20)10-14(15)21-19(24)12-8-16(25-3)18(27-5)17(9-12)26-4/h6-10H,1-5H3,(H,21,24). The number of amides is 2. The van der Waals surface area contributed by atoms with E-state index in [0.29, 0.717) is 22.9 Å². The Balaban J connectivity index is 2.43. The highest BCUT2D eigenvalue weighted by Gasteiger charge is 2.19. The highest BCUT2D eigenvalue weighted by atomic mass is 19.1. The second-order valence-corrected chi connectivity index (χ2v) is 5.61. The summed E-state index contributed by atoms with van der Waals surface area (Å²) in [6, 6.07) is 6.73. The van der Waals surface area contributed by atoms with Crippen LogP contribution >= 0.6 is 0 Å². The van der Waals surface area contributed by atoms with Gasteiger partial charge in [0.2, 0.25) is 11.7 Å². The van der Waals surface area contributed by atoms with Crippen molar-refractivity contribution < 1.29 is 28.2 Å². The molecule has 1 N–H and O–H groups in total. The Bertz CT molecular complexity index is 844. The van der Waals surface area contributed by atoms with E-state index in [1.165, 1.54) is 64.5 Å². The molecule has 2 aromatic rings. The molecule has 0 heterocycles. The van der Waals surface area contributed by atoms with Gasteiger partial charge in [0, 0.05) is 19.5 Å². The fourth-order valence-corrected chi connectivity index (χ4v) is 2.48. The minimum Gasteiger partial charge on any atom is -0.493 e. The number of rotatable bonds is 6. The smallest absolute Gasteiger partial charge is 0.256 e. The zero-order valence-corrected chi connectivity index (χ0v) is 15.8. The lowest BCUT2D eigenvalue weighted by molar-refractivity contribution is -0.116. The van der Waals surface area contributed by atoms with Gasteiger partial charge in [0.25, 0.3) is 5.91 Å². The SMILES string of the molecule is COc1cc(C(=O)Nc2cc(F)ccc2N(C)C(C)=O)cc(OC)c1OC. The number of methoxy groups -OCH3 is 3. The lowest BCUT2D eigenvalue weighted by Gasteiger charge is -2.20. The molecule has 0 atom stereocenters. The molecule has 2 amide bonds. The molecule has 0 bridgehead atoms. The number of hydrogen-bond donors (Lipinski definition) is 1. The highest BCUT2D eigenvalue weighted by Crippen LogP contribution is 2.38. The van der Waals surface area contributed by atoms with Crippen LogP contribution in [0.1, 0.15) is 17.3 Å². The van der Waals surface area contributed by atoms with Crippen molar-refractivity contribution in [1.82, 2.24) is 0 Å². The maximum Gasteiger partial charge on any atom is 0.256 e. The van der Waals surface area contributed by atoms with Crippen molar-refractivity contribution >= 4 is 23.2 Å². The summed E-state index contributed by atoms with van der Waals surface area (Å²) in [6.07, 6.45) is 0. The van der Waals surface area contributed by atoms with Crippen molar-refractivity contribution in [2.45, 2.75) is 6.92 Å². The van der Waals surface area contributed by atoms with Gasteiger partial charge in [-0.1, -0.05) is 0 Å². The Morgan fingerprint density at radius 1 is 1.00 bits per heavy atom. The summed E-state index contributed by atoms with van der Waals surface area (Å²) >= 11 is 0. The summed E-state index contributed by atoms with van der Waals surface area (Å²) in [5, 5.41) is 2.62. The van der Waals surface area contributed by atoms with Gasteiger partial charge in [-0.05, 0) is 30.3 Å². The first-order valence-corrected chi connectivity index (χ1v) is 7.97. The molecule has 7 nitrogen and oxygen atoms in total. The average Bonchev–Trinajstić information content (AvgIpc) is 2.66. The van der Waals surface area contributed by atoms with E-state index >= 15 is 0 Å². The Kier molecular flexibility index (Phi) is 6.23. The number of carbonyl (C=O) groups is 2. The summed E-state index contributed by atoms with van der Waals surface area (Å²) in [5.41, 5.74) is 0.737. The zero-order valence-electron chi connectivity index (χ0n) is 15.8. The normalized spacial score (nSPS) is 10.1. The molecule has 0 spiro atoms. The number of nitrogens with zero attached hydrogens (tertiary/aromatic N) is 1. The van der Waals surface area contributed by atoms with Crippen LogP contribution < -0.4 is 24.4 Å². The van der Waals surface area contributed by atoms with E-state index in [0.717, 1.165) is 6.07 Å². The molecule has 0 unspecified atom stereocenters. The Morgan fingerprint density at radius 3 is 2.07 bits per heavy atom. The van der Waals surface area contributed by atoms with Gasteiger partial charge < -0.3 is 24.4 Å². The summed E-state index contributed by atoms with van der Waals surface area (Å²) in [7, 11) is 5.86. The fourth-order valence-electron chi connectivity index (χ4n) is 2.48. The van der Waals surface area contributed by atoms with E-state index < -0.39 is 11.7 Å².